The Labute approximate surface area is 174 Å². The Morgan fingerprint density at radius 2 is 2.21 bits per heavy atom. The molecular weight excluding hydrogens is 396 g/mol. The average Bonchev–Trinajstić information content (AvgIpc) is 2.77. The lowest BCUT2D eigenvalue weighted by molar-refractivity contribution is -0.165. The maximum atomic E-state index is 12.2. The molecule has 154 valence electrons. The molecule has 1 fully saturated rings. The molecule has 0 amide bonds. The summed E-state index contributed by atoms with van der Waals surface area (Å²) >= 11 is 6.47. The highest BCUT2D eigenvalue weighted by Gasteiger charge is 2.34. The predicted octanol–water partition coefficient (Wildman–Crippen LogP) is 3.96. The maximum absolute atomic E-state index is 12.2. The molecule has 1 aromatic carbocycles. The van der Waals surface area contributed by atoms with Crippen LogP contribution in [0.4, 0.5) is 11.5 Å². The number of halogens is 1. The normalized spacial score (nSPS) is 21.2. The second-order valence-corrected chi connectivity index (χ2v) is 7.33. The van der Waals surface area contributed by atoms with Crippen molar-refractivity contribution in [1.29, 1.82) is 0 Å². The molecule has 8 heteroatoms. The number of pyridine rings is 1. The molecule has 2 unspecified atom stereocenters. The van der Waals surface area contributed by atoms with E-state index in [0.717, 1.165) is 19.3 Å². The minimum atomic E-state index is -0.459. The van der Waals surface area contributed by atoms with E-state index in [2.05, 4.69) is 4.98 Å². The van der Waals surface area contributed by atoms with Gasteiger partial charge in [-0.1, -0.05) is 17.7 Å². The lowest BCUT2D eigenvalue weighted by atomic mass is 10.1. The van der Waals surface area contributed by atoms with E-state index in [1.165, 1.54) is 7.11 Å². The number of carbonyl (C=O) groups excluding carboxylic acids is 1. The number of hydrogen-bond donors (Lipinski definition) is 0. The van der Waals surface area contributed by atoms with Gasteiger partial charge in [-0.2, -0.15) is 0 Å². The Morgan fingerprint density at radius 3 is 2.97 bits per heavy atom. The fourth-order valence-corrected chi connectivity index (χ4v) is 3.83. The summed E-state index contributed by atoms with van der Waals surface area (Å²) in [6.45, 7) is 1.40. The molecule has 2 aliphatic rings. The van der Waals surface area contributed by atoms with E-state index in [9.17, 15) is 4.79 Å². The maximum Gasteiger partial charge on any atom is 0.341 e. The van der Waals surface area contributed by atoms with Gasteiger partial charge in [0.2, 0.25) is 0 Å². The number of benzene rings is 1. The molecular formula is C21H23ClN2O5. The van der Waals surface area contributed by atoms with Crippen molar-refractivity contribution in [2.75, 3.05) is 31.8 Å². The SMILES string of the molecule is COC(=O)c1cccc2c1OCC(COC1CCCCO1)N2c1ncccc1Cl. The van der Waals surface area contributed by atoms with Crippen LogP contribution in [-0.2, 0) is 14.2 Å². The number of ether oxygens (including phenoxy) is 4. The minimum Gasteiger partial charge on any atom is -0.488 e. The van der Waals surface area contributed by atoms with Crippen LogP contribution in [0.5, 0.6) is 5.75 Å². The molecule has 3 heterocycles. The smallest absolute Gasteiger partial charge is 0.341 e. The number of hydrogen-bond acceptors (Lipinski definition) is 7. The largest absolute Gasteiger partial charge is 0.488 e. The number of anilines is 2. The van der Waals surface area contributed by atoms with Crippen LogP contribution in [0.2, 0.25) is 5.02 Å². The summed E-state index contributed by atoms with van der Waals surface area (Å²) in [6.07, 6.45) is 4.50. The Balaban J connectivity index is 1.68. The quantitative estimate of drug-likeness (QED) is 0.680. The molecule has 4 rings (SSSR count). The van der Waals surface area contributed by atoms with Crippen LogP contribution in [-0.4, -0.2) is 50.2 Å². The first-order valence-corrected chi connectivity index (χ1v) is 10.0. The Bertz CT molecular complexity index is 872. The lowest BCUT2D eigenvalue weighted by Gasteiger charge is -2.39. The summed E-state index contributed by atoms with van der Waals surface area (Å²) < 4.78 is 22.6. The van der Waals surface area contributed by atoms with E-state index in [1.54, 1.807) is 30.5 Å². The standard InChI is InChI=1S/C21H23ClN2O5/c1-26-21(25)15-6-4-8-17-19(15)29-13-14(12-28-18-9-2-3-11-27-18)24(17)20-16(22)7-5-10-23-20/h4-8,10,14,18H,2-3,9,11-13H2,1H3. The van der Waals surface area contributed by atoms with Crippen LogP contribution in [0.15, 0.2) is 36.5 Å². The molecule has 29 heavy (non-hydrogen) atoms. The molecule has 1 aromatic heterocycles. The van der Waals surface area contributed by atoms with Crippen molar-refractivity contribution in [3.63, 3.8) is 0 Å². The van der Waals surface area contributed by atoms with E-state index in [1.807, 2.05) is 11.0 Å². The predicted molar refractivity (Wildman–Crippen MR) is 108 cm³/mol. The number of rotatable bonds is 5. The van der Waals surface area contributed by atoms with E-state index in [-0.39, 0.29) is 12.3 Å². The van der Waals surface area contributed by atoms with Crippen LogP contribution in [0, 0.1) is 0 Å². The van der Waals surface area contributed by atoms with E-state index in [0.29, 0.717) is 47.7 Å². The number of esters is 1. The molecule has 0 aliphatic carbocycles. The Kier molecular flexibility index (Phi) is 6.18. The van der Waals surface area contributed by atoms with E-state index >= 15 is 0 Å². The fourth-order valence-electron chi connectivity index (χ4n) is 3.61. The van der Waals surface area contributed by atoms with Gasteiger partial charge in [-0.15, -0.1) is 0 Å². The van der Waals surface area contributed by atoms with Crippen molar-refractivity contribution in [1.82, 2.24) is 4.98 Å². The monoisotopic (exact) mass is 418 g/mol. The van der Waals surface area contributed by atoms with Crippen molar-refractivity contribution >= 4 is 29.1 Å². The first-order valence-electron chi connectivity index (χ1n) is 9.66. The van der Waals surface area contributed by atoms with Gasteiger partial charge in [-0.3, -0.25) is 0 Å². The van der Waals surface area contributed by atoms with Gasteiger partial charge >= 0.3 is 5.97 Å². The van der Waals surface area contributed by atoms with Gasteiger partial charge in [0.1, 0.15) is 12.2 Å². The zero-order chi connectivity index (χ0) is 20.2. The van der Waals surface area contributed by atoms with Crippen molar-refractivity contribution in [2.24, 2.45) is 0 Å². The van der Waals surface area contributed by atoms with Crippen molar-refractivity contribution in [2.45, 2.75) is 31.6 Å². The zero-order valence-electron chi connectivity index (χ0n) is 16.2. The summed E-state index contributed by atoms with van der Waals surface area (Å²) in [6, 6.07) is 8.70. The molecule has 0 saturated carbocycles. The summed E-state index contributed by atoms with van der Waals surface area (Å²) in [5, 5.41) is 0.503. The summed E-state index contributed by atoms with van der Waals surface area (Å²) in [7, 11) is 1.35. The van der Waals surface area contributed by atoms with Crippen molar-refractivity contribution in [3.8, 4) is 5.75 Å². The van der Waals surface area contributed by atoms with Crippen LogP contribution < -0.4 is 9.64 Å². The van der Waals surface area contributed by atoms with Crippen molar-refractivity contribution in [3.05, 3.63) is 47.1 Å². The molecule has 7 nitrogen and oxygen atoms in total. The zero-order valence-corrected chi connectivity index (χ0v) is 16.9. The minimum absolute atomic E-state index is 0.187. The molecule has 0 radical (unpaired) electrons. The molecule has 1 saturated heterocycles. The molecule has 2 atom stereocenters. The van der Waals surface area contributed by atoms with Crippen LogP contribution in [0.1, 0.15) is 29.6 Å². The van der Waals surface area contributed by atoms with Crippen LogP contribution >= 0.6 is 11.6 Å². The first-order chi connectivity index (χ1) is 14.2. The number of para-hydroxylation sites is 1. The van der Waals surface area contributed by atoms with Crippen LogP contribution in [0.3, 0.4) is 0 Å². The molecule has 0 bridgehead atoms. The number of fused-ring (bicyclic) bond motifs is 1. The summed E-state index contributed by atoms with van der Waals surface area (Å²) in [5.41, 5.74) is 1.05. The third kappa shape index (κ3) is 4.17. The van der Waals surface area contributed by atoms with E-state index in [4.69, 9.17) is 30.5 Å². The number of methoxy groups -OCH3 is 1. The van der Waals surface area contributed by atoms with E-state index < -0.39 is 5.97 Å². The highest BCUT2D eigenvalue weighted by Crippen LogP contribution is 2.42. The molecule has 0 N–H and O–H groups in total. The Hall–Kier alpha value is -2.35. The van der Waals surface area contributed by atoms with Gasteiger partial charge in [0.25, 0.3) is 0 Å². The molecule has 2 aliphatic heterocycles. The lowest BCUT2D eigenvalue weighted by Crippen LogP contribution is -2.45. The first kappa shape index (κ1) is 19.9. The number of nitrogens with zero attached hydrogens (tertiary/aromatic N) is 2. The summed E-state index contributed by atoms with van der Waals surface area (Å²) in [4.78, 5) is 18.7. The molecule has 2 aromatic rings. The van der Waals surface area contributed by atoms with Gasteiger partial charge < -0.3 is 23.8 Å². The van der Waals surface area contributed by atoms with Gasteiger partial charge in [-0.05, 0) is 43.5 Å². The topological polar surface area (TPSA) is 70.1 Å². The highest BCUT2D eigenvalue weighted by atomic mass is 35.5. The second-order valence-electron chi connectivity index (χ2n) is 6.92. The van der Waals surface area contributed by atoms with Gasteiger partial charge in [0.15, 0.2) is 17.9 Å². The van der Waals surface area contributed by atoms with Crippen molar-refractivity contribution < 1.29 is 23.7 Å². The number of aromatic nitrogens is 1. The average molecular weight is 419 g/mol. The second kappa shape index (κ2) is 8.98. The summed E-state index contributed by atoms with van der Waals surface area (Å²) in [5.74, 6) is 0.573. The van der Waals surface area contributed by atoms with Gasteiger partial charge in [0.05, 0.1) is 30.5 Å². The third-order valence-electron chi connectivity index (χ3n) is 5.02. The van der Waals surface area contributed by atoms with Gasteiger partial charge in [0, 0.05) is 12.8 Å². The third-order valence-corrected chi connectivity index (χ3v) is 5.32. The number of carbonyl (C=O) groups is 1. The fraction of sp³-hybridized carbons (Fsp3) is 0.429. The van der Waals surface area contributed by atoms with Crippen LogP contribution in [0.25, 0.3) is 0 Å². The highest BCUT2D eigenvalue weighted by molar-refractivity contribution is 6.33. The molecule has 0 spiro atoms. The Morgan fingerprint density at radius 1 is 1.31 bits per heavy atom. The van der Waals surface area contributed by atoms with Gasteiger partial charge in [-0.25, -0.2) is 9.78 Å².